The highest BCUT2D eigenvalue weighted by Crippen LogP contribution is 2.09. The summed E-state index contributed by atoms with van der Waals surface area (Å²) in [5.74, 6) is 0. The molecule has 1 saturated heterocycles. The molecule has 0 atom stereocenters. The second-order valence-electron chi connectivity index (χ2n) is 5.83. The molecule has 0 aliphatic carbocycles. The Bertz CT molecular complexity index is 320. The fourth-order valence-electron chi connectivity index (χ4n) is 1.79. The fourth-order valence-corrected chi connectivity index (χ4v) is 1.79. The van der Waals surface area contributed by atoms with E-state index in [0.29, 0.717) is 13.1 Å². The zero-order valence-electron chi connectivity index (χ0n) is 12.4. The monoisotopic (exact) mass is 271 g/mol. The number of likely N-dealkylation sites (tertiary alicyclic amines) is 1. The molecule has 0 aromatic rings. The molecule has 0 aromatic heterocycles. The van der Waals surface area contributed by atoms with E-state index in [1.165, 1.54) is 4.90 Å². The number of hydrogen-bond acceptors (Lipinski definition) is 3. The lowest BCUT2D eigenvalue weighted by Gasteiger charge is -2.25. The lowest BCUT2D eigenvalue weighted by molar-refractivity contribution is 0.0300. The molecule has 1 rings (SSSR count). The van der Waals surface area contributed by atoms with Crippen molar-refractivity contribution in [2.45, 2.75) is 39.2 Å². The van der Waals surface area contributed by atoms with Crippen LogP contribution >= 0.6 is 0 Å². The zero-order valence-corrected chi connectivity index (χ0v) is 12.4. The summed E-state index contributed by atoms with van der Waals surface area (Å²) < 4.78 is 5.22. The number of ether oxygens (including phenoxy) is 1. The van der Waals surface area contributed by atoms with Crippen molar-refractivity contribution in [2.75, 3.05) is 33.2 Å². The zero-order chi connectivity index (χ0) is 14.5. The molecule has 0 radical (unpaired) electrons. The summed E-state index contributed by atoms with van der Waals surface area (Å²) in [6.45, 7) is 8.01. The van der Waals surface area contributed by atoms with Crippen LogP contribution in [0.3, 0.4) is 0 Å². The summed E-state index contributed by atoms with van der Waals surface area (Å²) >= 11 is 0. The average molecular weight is 271 g/mol. The largest absolute Gasteiger partial charge is 0.444 e. The molecule has 1 fully saturated rings. The molecule has 6 nitrogen and oxygen atoms in total. The van der Waals surface area contributed by atoms with Gasteiger partial charge in [0.1, 0.15) is 5.60 Å². The van der Waals surface area contributed by atoms with E-state index in [1.54, 1.807) is 11.9 Å². The van der Waals surface area contributed by atoms with Crippen molar-refractivity contribution in [3.63, 3.8) is 0 Å². The van der Waals surface area contributed by atoms with E-state index in [4.69, 9.17) is 4.74 Å². The first-order chi connectivity index (χ1) is 8.79. The maximum absolute atomic E-state index is 11.7. The van der Waals surface area contributed by atoms with Gasteiger partial charge in [0.2, 0.25) is 0 Å². The molecular formula is C13H25N3O3. The molecule has 1 heterocycles. The molecular weight excluding hydrogens is 246 g/mol. The van der Waals surface area contributed by atoms with E-state index in [9.17, 15) is 9.59 Å². The number of rotatable bonds is 3. The second-order valence-corrected chi connectivity index (χ2v) is 5.83. The average Bonchev–Trinajstić information content (AvgIpc) is 2.79. The molecule has 1 aliphatic rings. The molecule has 1 aliphatic heterocycles. The highest BCUT2D eigenvalue weighted by Gasteiger charge is 2.20. The van der Waals surface area contributed by atoms with Gasteiger partial charge in [0.05, 0.1) is 0 Å². The molecule has 0 unspecified atom stereocenters. The maximum atomic E-state index is 11.7. The van der Waals surface area contributed by atoms with Crippen molar-refractivity contribution in [1.82, 2.24) is 15.1 Å². The second kappa shape index (κ2) is 6.63. The van der Waals surface area contributed by atoms with Crippen molar-refractivity contribution in [2.24, 2.45) is 0 Å². The van der Waals surface area contributed by atoms with Crippen LogP contribution in [0, 0.1) is 0 Å². The first-order valence-corrected chi connectivity index (χ1v) is 6.76. The minimum absolute atomic E-state index is 0.0462. The van der Waals surface area contributed by atoms with E-state index >= 15 is 0 Å². The summed E-state index contributed by atoms with van der Waals surface area (Å²) in [4.78, 5) is 26.6. The van der Waals surface area contributed by atoms with Crippen molar-refractivity contribution >= 4 is 12.1 Å². The molecule has 1 N–H and O–H groups in total. The van der Waals surface area contributed by atoms with Crippen molar-refractivity contribution in [3.05, 3.63) is 0 Å². The van der Waals surface area contributed by atoms with Crippen LogP contribution in [-0.4, -0.2) is 60.8 Å². The predicted octanol–water partition coefficient (Wildman–Crippen LogP) is 1.66. The predicted molar refractivity (Wildman–Crippen MR) is 73.1 cm³/mol. The lowest BCUT2D eigenvalue weighted by Crippen LogP contribution is -2.43. The van der Waals surface area contributed by atoms with Crippen LogP contribution in [0.5, 0.6) is 0 Å². The van der Waals surface area contributed by atoms with Gasteiger partial charge in [-0.2, -0.15) is 0 Å². The topological polar surface area (TPSA) is 61.9 Å². The van der Waals surface area contributed by atoms with Crippen LogP contribution in [0.25, 0.3) is 0 Å². The number of carbonyl (C=O) groups is 2. The maximum Gasteiger partial charge on any atom is 0.410 e. The highest BCUT2D eigenvalue weighted by molar-refractivity contribution is 5.74. The van der Waals surface area contributed by atoms with Gasteiger partial charge in [-0.25, -0.2) is 9.59 Å². The number of likely N-dealkylation sites (N-methyl/N-ethyl adjacent to an activating group) is 1. The van der Waals surface area contributed by atoms with Gasteiger partial charge in [0.25, 0.3) is 0 Å². The SMILES string of the molecule is CN(CCNC(=O)N1CCCC1)C(=O)OC(C)(C)C. The summed E-state index contributed by atoms with van der Waals surface area (Å²) in [5.41, 5.74) is -0.496. The molecule has 110 valence electrons. The number of urea groups is 1. The Hall–Kier alpha value is -1.46. The number of hydrogen-bond donors (Lipinski definition) is 1. The minimum Gasteiger partial charge on any atom is -0.444 e. The van der Waals surface area contributed by atoms with Crippen LogP contribution in [0.1, 0.15) is 33.6 Å². The summed E-state index contributed by atoms with van der Waals surface area (Å²) in [5, 5.41) is 2.81. The first kappa shape index (κ1) is 15.6. The number of nitrogens with zero attached hydrogens (tertiary/aromatic N) is 2. The van der Waals surface area contributed by atoms with Gasteiger partial charge in [-0.3, -0.25) is 0 Å². The number of nitrogens with one attached hydrogen (secondary N) is 1. The van der Waals surface area contributed by atoms with E-state index in [-0.39, 0.29) is 12.1 Å². The first-order valence-electron chi connectivity index (χ1n) is 6.76. The van der Waals surface area contributed by atoms with Crippen molar-refractivity contribution in [3.8, 4) is 0 Å². The highest BCUT2D eigenvalue weighted by atomic mass is 16.6. The quantitative estimate of drug-likeness (QED) is 0.849. The van der Waals surface area contributed by atoms with Gasteiger partial charge in [0.15, 0.2) is 0 Å². The van der Waals surface area contributed by atoms with Crippen molar-refractivity contribution in [1.29, 1.82) is 0 Å². The Morgan fingerprint density at radius 1 is 1.26 bits per heavy atom. The normalized spacial score (nSPS) is 15.3. The van der Waals surface area contributed by atoms with Crippen LogP contribution in [0.4, 0.5) is 9.59 Å². The van der Waals surface area contributed by atoms with E-state index in [0.717, 1.165) is 25.9 Å². The molecule has 19 heavy (non-hydrogen) atoms. The smallest absolute Gasteiger partial charge is 0.410 e. The number of amides is 3. The molecule has 0 aromatic carbocycles. The molecule has 0 saturated carbocycles. The van der Waals surface area contributed by atoms with E-state index in [2.05, 4.69) is 5.32 Å². The molecule has 0 bridgehead atoms. The van der Waals surface area contributed by atoms with Gasteiger partial charge in [-0.15, -0.1) is 0 Å². The molecule has 6 heteroatoms. The Balaban J connectivity index is 2.21. The third-order valence-corrected chi connectivity index (χ3v) is 2.82. The van der Waals surface area contributed by atoms with Gasteiger partial charge in [0, 0.05) is 33.2 Å². The summed E-state index contributed by atoms with van der Waals surface area (Å²) in [6, 6.07) is -0.0462. The van der Waals surface area contributed by atoms with Gasteiger partial charge in [-0.05, 0) is 33.6 Å². The third kappa shape index (κ3) is 5.81. The molecule has 0 spiro atoms. The standard InChI is InChI=1S/C13H25N3O3/c1-13(2,3)19-12(18)15(4)10-7-14-11(17)16-8-5-6-9-16/h5-10H2,1-4H3,(H,14,17). The van der Waals surface area contributed by atoms with Gasteiger partial charge in [-0.1, -0.05) is 0 Å². The Labute approximate surface area is 115 Å². The van der Waals surface area contributed by atoms with Gasteiger partial charge < -0.3 is 19.9 Å². The Morgan fingerprint density at radius 2 is 1.84 bits per heavy atom. The van der Waals surface area contributed by atoms with Crippen LogP contribution < -0.4 is 5.32 Å². The Kier molecular flexibility index (Phi) is 5.44. The minimum atomic E-state index is -0.496. The van der Waals surface area contributed by atoms with Crippen LogP contribution in [0.15, 0.2) is 0 Å². The fraction of sp³-hybridized carbons (Fsp3) is 0.846. The van der Waals surface area contributed by atoms with Crippen LogP contribution in [-0.2, 0) is 4.74 Å². The van der Waals surface area contributed by atoms with E-state index < -0.39 is 5.60 Å². The molecule has 3 amide bonds. The van der Waals surface area contributed by atoms with Gasteiger partial charge >= 0.3 is 12.1 Å². The summed E-state index contributed by atoms with van der Waals surface area (Å²) in [7, 11) is 1.66. The van der Waals surface area contributed by atoms with E-state index in [1.807, 2.05) is 20.8 Å². The summed E-state index contributed by atoms with van der Waals surface area (Å²) in [6.07, 6.45) is 1.78. The number of carbonyl (C=O) groups excluding carboxylic acids is 2. The Morgan fingerprint density at radius 3 is 2.37 bits per heavy atom. The lowest BCUT2D eigenvalue weighted by atomic mass is 10.2. The van der Waals surface area contributed by atoms with Crippen LogP contribution in [0.2, 0.25) is 0 Å². The third-order valence-electron chi connectivity index (χ3n) is 2.82. The van der Waals surface area contributed by atoms with Crippen molar-refractivity contribution < 1.29 is 14.3 Å².